The van der Waals surface area contributed by atoms with E-state index in [4.69, 9.17) is 0 Å². The summed E-state index contributed by atoms with van der Waals surface area (Å²) in [6.07, 6.45) is 0. The smallest absolute Gasteiger partial charge is 0.279 e. The first-order valence-electron chi connectivity index (χ1n) is 6.28. The van der Waals surface area contributed by atoms with Crippen LogP contribution in [0.25, 0.3) is 0 Å². The lowest BCUT2D eigenvalue weighted by molar-refractivity contribution is 0.305. The number of piperazine rings is 1. The van der Waals surface area contributed by atoms with Crippen molar-refractivity contribution in [1.29, 1.82) is 0 Å². The van der Waals surface area contributed by atoms with E-state index in [1.165, 1.54) is 4.31 Å². The molecule has 1 fully saturated rings. The highest BCUT2D eigenvalue weighted by Crippen LogP contribution is 1.99. The van der Waals surface area contributed by atoms with Crippen molar-refractivity contribution in [1.82, 2.24) is 19.2 Å². The summed E-state index contributed by atoms with van der Waals surface area (Å²) in [4.78, 5) is 2.19. The van der Waals surface area contributed by atoms with Crippen molar-refractivity contribution in [3.63, 3.8) is 0 Å². The zero-order chi connectivity index (χ0) is 12.7. The summed E-state index contributed by atoms with van der Waals surface area (Å²) in [5, 5.41) is 3.14. The third-order valence-corrected chi connectivity index (χ3v) is 4.64. The van der Waals surface area contributed by atoms with Gasteiger partial charge in [0, 0.05) is 39.3 Å². The third kappa shape index (κ3) is 4.89. The minimum absolute atomic E-state index is 0.480. The van der Waals surface area contributed by atoms with Crippen LogP contribution in [0.4, 0.5) is 0 Å². The minimum atomic E-state index is -3.28. The Hall–Kier alpha value is -0.210. The predicted octanol–water partition coefficient (Wildman–Crippen LogP) is -0.932. The first kappa shape index (κ1) is 14.8. The molecule has 0 spiro atoms. The van der Waals surface area contributed by atoms with E-state index < -0.39 is 10.2 Å². The number of hydrogen-bond donors (Lipinski definition) is 2. The molecule has 1 aliphatic rings. The van der Waals surface area contributed by atoms with Crippen LogP contribution in [-0.4, -0.2) is 70.0 Å². The monoisotopic (exact) mass is 264 g/mol. The molecule has 1 rings (SSSR count). The average molecular weight is 264 g/mol. The zero-order valence-electron chi connectivity index (χ0n) is 10.8. The molecular formula is C10H24N4O2S. The molecule has 0 atom stereocenters. The van der Waals surface area contributed by atoms with Crippen LogP contribution in [0.5, 0.6) is 0 Å². The normalized spacial score (nSPS) is 18.8. The summed E-state index contributed by atoms with van der Waals surface area (Å²) in [6.45, 7) is 9.88. The maximum atomic E-state index is 11.9. The second-order valence-electron chi connectivity index (χ2n) is 4.08. The maximum absolute atomic E-state index is 11.9. The molecule has 17 heavy (non-hydrogen) atoms. The molecule has 0 amide bonds. The Morgan fingerprint density at radius 3 is 2.35 bits per heavy atom. The molecule has 0 saturated carbocycles. The predicted molar refractivity (Wildman–Crippen MR) is 69.2 cm³/mol. The van der Waals surface area contributed by atoms with Gasteiger partial charge in [-0.05, 0) is 13.1 Å². The van der Waals surface area contributed by atoms with Gasteiger partial charge in [-0.15, -0.1) is 0 Å². The highest BCUT2D eigenvalue weighted by atomic mass is 32.2. The van der Waals surface area contributed by atoms with Gasteiger partial charge in [0.1, 0.15) is 0 Å². The van der Waals surface area contributed by atoms with Crippen molar-refractivity contribution in [3.8, 4) is 0 Å². The van der Waals surface area contributed by atoms with Gasteiger partial charge in [-0.3, -0.25) is 0 Å². The molecule has 0 aromatic rings. The van der Waals surface area contributed by atoms with E-state index in [9.17, 15) is 8.42 Å². The second-order valence-corrected chi connectivity index (χ2v) is 5.83. The van der Waals surface area contributed by atoms with E-state index >= 15 is 0 Å². The van der Waals surface area contributed by atoms with Crippen molar-refractivity contribution in [3.05, 3.63) is 0 Å². The van der Waals surface area contributed by atoms with Gasteiger partial charge < -0.3 is 10.2 Å². The molecule has 1 heterocycles. The van der Waals surface area contributed by atoms with Crippen molar-refractivity contribution in [2.24, 2.45) is 0 Å². The van der Waals surface area contributed by atoms with Crippen LogP contribution in [0.2, 0.25) is 0 Å². The molecule has 0 bridgehead atoms. The fourth-order valence-electron chi connectivity index (χ4n) is 1.85. The Bertz CT molecular complexity index is 297. The lowest BCUT2D eigenvalue weighted by Crippen LogP contribution is -2.51. The second kappa shape index (κ2) is 7.27. The summed E-state index contributed by atoms with van der Waals surface area (Å²) in [7, 11) is -3.28. The van der Waals surface area contributed by atoms with Gasteiger partial charge in [-0.1, -0.05) is 13.8 Å². The molecule has 0 aromatic carbocycles. The summed E-state index contributed by atoms with van der Waals surface area (Å²) in [6, 6.07) is 0. The minimum Gasteiger partial charge on any atom is -0.314 e. The average Bonchev–Trinajstić information content (AvgIpc) is 2.36. The molecular weight excluding hydrogens is 240 g/mol. The summed E-state index contributed by atoms with van der Waals surface area (Å²) >= 11 is 0. The molecule has 0 aliphatic carbocycles. The van der Waals surface area contributed by atoms with Crippen LogP contribution in [0.3, 0.4) is 0 Å². The Labute approximate surface area is 105 Å². The molecule has 1 saturated heterocycles. The van der Waals surface area contributed by atoms with E-state index in [2.05, 4.69) is 28.8 Å². The Morgan fingerprint density at radius 1 is 1.24 bits per heavy atom. The van der Waals surface area contributed by atoms with Crippen molar-refractivity contribution < 1.29 is 8.42 Å². The SMILES string of the molecule is CCN(CC)CCNS(=O)(=O)N1CCNCC1. The van der Waals surface area contributed by atoms with E-state index in [1.807, 2.05) is 0 Å². The fraction of sp³-hybridized carbons (Fsp3) is 1.00. The lowest BCUT2D eigenvalue weighted by Gasteiger charge is -2.27. The standard InChI is InChI=1S/C10H24N4O2S/c1-3-13(4-2)8-7-12-17(15,16)14-9-5-11-6-10-14/h11-12H,3-10H2,1-2H3. The van der Waals surface area contributed by atoms with Crippen molar-refractivity contribution in [2.75, 3.05) is 52.4 Å². The van der Waals surface area contributed by atoms with Crippen LogP contribution >= 0.6 is 0 Å². The fourth-order valence-corrected chi connectivity index (χ4v) is 3.04. The first-order chi connectivity index (χ1) is 8.10. The largest absolute Gasteiger partial charge is 0.314 e. The van der Waals surface area contributed by atoms with Gasteiger partial charge in [0.2, 0.25) is 0 Å². The van der Waals surface area contributed by atoms with Crippen molar-refractivity contribution >= 4 is 10.2 Å². The van der Waals surface area contributed by atoms with Gasteiger partial charge >= 0.3 is 0 Å². The van der Waals surface area contributed by atoms with Crippen LogP contribution in [0.1, 0.15) is 13.8 Å². The molecule has 2 N–H and O–H groups in total. The summed E-state index contributed by atoms with van der Waals surface area (Å²) in [5.41, 5.74) is 0. The van der Waals surface area contributed by atoms with E-state index in [0.717, 1.165) is 32.7 Å². The Balaban J connectivity index is 2.33. The Morgan fingerprint density at radius 2 is 1.82 bits per heavy atom. The molecule has 102 valence electrons. The molecule has 0 unspecified atom stereocenters. The molecule has 7 heteroatoms. The van der Waals surface area contributed by atoms with Gasteiger partial charge in [-0.2, -0.15) is 12.7 Å². The highest BCUT2D eigenvalue weighted by Gasteiger charge is 2.22. The molecule has 0 radical (unpaired) electrons. The summed E-state index contributed by atoms with van der Waals surface area (Å²) in [5.74, 6) is 0. The summed E-state index contributed by atoms with van der Waals surface area (Å²) < 4.78 is 28.0. The van der Waals surface area contributed by atoms with Crippen LogP contribution in [0.15, 0.2) is 0 Å². The van der Waals surface area contributed by atoms with Crippen LogP contribution < -0.4 is 10.0 Å². The number of likely N-dealkylation sites (N-methyl/N-ethyl adjacent to an activating group) is 1. The van der Waals surface area contributed by atoms with E-state index in [0.29, 0.717) is 19.6 Å². The number of nitrogens with zero attached hydrogens (tertiary/aromatic N) is 2. The van der Waals surface area contributed by atoms with Crippen LogP contribution in [0, 0.1) is 0 Å². The number of hydrogen-bond acceptors (Lipinski definition) is 4. The number of rotatable bonds is 7. The Kier molecular flexibility index (Phi) is 6.35. The van der Waals surface area contributed by atoms with E-state index in [1.54, 1.807) is 0 Å². The van der Waals surface area contributed by atoms with Crippen LogP contribution in [-0.2, 0) is 10.2 Å². The molecule has 1 aliphatic heterocycles. The first-order valence-corrected chi connectivity index (χ1v) is 7.72. The van der Waals surface area contributed by atoms with Gasteiger partial charge in [-0.25, -0.2) is 4.72 Å². The maximum Gasteiger partial charge on any atom is 0.279 e. The van der Waals surface area contributed by atoms with Crippen molar-refractivity contribution in [2.45, 2.75) is 13.8 Å². The van der Waals surface area contributed by atoms with Gasteiger partial charge in [0.05, 0.1) is 0 Å². The molecule has 6 nitrogen and oxygen atoms in total. The quantitative estimate of drug-likeness (QED) is 0.623. The van der Waals surface area contributed by atoms with Gasteiger partial charge in [0.25, 0.3) is 10.2 Å². The van der Waals surface area contributed by atoms with Gasteiger partial charge in [0.15, 0.2) is 0 Å². The van der Waals surface area contributed by atoms with E-state index in [-0.39, 0.29) is 0 Å². The highest BCUT2D eigenvalue weighted by molar-refractivity contribution is 7.87. The third-order valence-electron chi connectivity index (χ3n) is 3.02. The molecule has 0 aromatic heterocycles. The number of nitrogens with one attached hydrogen (secondary N) is 2. The lowest BCUT2D eigenvalue weighted by atomic mass is 10.4. The topological polar surface area (TPSA) is 64.7 Å². The zero-order valence-corrected chi connectivity index (χ0v) is 11.6.